The van der Waals surface area contributed by atoms with Gasteiger partial charge in [0.1, 0.15) is 11.6 Å². The molecule has 0 atom stereocenters. The van der Waals surface area contributed by atoms with Crippen LogP contribution in [0.1, 0.15) is 51.3 Å². The van der Waals surface area contributed by atoms with Crippen molar-refractivity contribution >= 4 is 0 Å². The predicted molar refractivity (Wildman–Crippen MR) is 113 cm³/mol. The van der Waals surface area contributed by atoms with Gasteiger partial charge >= 0.3 is 0 Å². The van der Waals surface area contributed by atoms with Crippen molar-refractivity contribution in [3.63, 3.8) is 0 Å². The molecule has 144 valence electrons. The third kappa shape index (κ3) is 4.21. The van der Waals surface area contributed by atoms with E-state index in [2.05, 4.69) is 61.3 Å². The summed E-state index contributed by atoms with van der Waals surface area (Å²) in [7, 11) is 1.70. The van der Waals surface area contributed by atoms with Crippen LogP contribution in [-0.2, 0) is 5.41 Å². The minimum atomic E-state index is -0.00955. The molecule has 27 heavy (non-hydrogen) atoms. The van der Waals surface area contributed by atoms with Crippen molar-refractivity contribution in [3.8, 4) is 22.8 Å². The van der Waals surface area contributed by atoms with Crippen molar-refractivity contribution in [1.82, 2.24) is 14.5 Å². The Kier molecular flexibility index (Phi) is 6.42. The highest BCUT2D eigenvalue weighted by atomic mass is 16.5. The second kappa shape index (κ2) is 8.38. The molecule has 0 spiro atoms. The van der Waals surface area contributed by atoms with Gasteiger partial charge in [-0.15, -0.1) is 0 Å². The van der Waals surface area contributed by atoms with Crippen molar-refractivity contribution in [1.29, 1.82) is 0 Å². The first-order valence-electron chi connectivity index (χ1n) is 9.46. The van der Waals surface area contributed by atoms with E-state index in [0.29, 0.717) is 0 Å². The van der Waals surface area contributed by atoms with Gasteiger partial charge in [0.05, 0.1) is 12.8 Å². The molecule has 0 aliphatic heterocycles. The molecule has 0 N–H and O–H groups in total. The van der Waals surface area contributed by atoms with Gasteiger partial charge in [0.2, 0.25) is 0 Å². The fourth-order valence-corrected chi connectivity index (χ4v) is 3.28. The summed E-state index contributed by atoms with van der Waals surface area (Å²) >= 11 is 0. The molecule has 0 unspecified atom stereocenters. The molecule has 0 aliphatic rings. The molecule has 1 aromatic carbocycles. The highest BCUT2D eigenvalue weighted by molar-refractivity contribution is 5.66. The van der Waals surface area contributed by atoms with Crippen LogP contribution in [0.2, 0.25) is 0 Å². The smallest absolute Gasteiger partial charge is 0.144 e. The number of rotatable bonds is 3. The lowest BCUT2D eigenvalue weighted by molar-refractivity contribution is 0.414. The highest BCUT2D eigenvalue weighted by Crippen LogP contribution is 2.34. The fraction of sp³-hybridized carbons (Fsp3) is 0.391. The Morgan fingerprint density at radius 2 is 1.63 bits per heavy atom. The molecule has 4 heteroatoms. The monoisotopic (exact) mass is 365 g/mol. The van der Waals surface area contributed by atoms with E-state index in [9.17, 15) is 0 Å². The molecular weight excluding hydrogens is 334 g/mol. The van der Waals surface area contributed by atoms with Crippen molar-refractivity contribution < 1.29 is 4.74 Å². The standard InChI is InChI=1S/C21H25N3O.C2H6/c1-14-11-16(25-6)12-15(2)19(14)24-10-9-23-20(24)17-7-8-22-13-18(17)21(3,4)5;1-2/h7-13H,1-6H3;1-2H3. The second-order valence-electron chi connectivity index (χ2n) is 7.40. The summed E-state index contributed by atoms with van der Waals surface area (Å²) in [6, 6.07) is 6.17. The van der Waals surface area contributed by atoms with Crippen LogP contribution in [-0.4, -0.2) is 21.6 Å². The number of benzene rings is 1. The van der Waals surface area contributed by atoms with Gasteiger partial charge in [-0.3, -0.25) is 9.55 Å². The Labute approximate surface area is 163 Å². The number of aryl methyl sites for hydroxylation is 2. The Balaban J connectivity index is 0.00000126. The molecule has 0 radical (unpaired) electrons. The lowest BCUT2D eigenvalue weighted by Gasteiger charge is -2.23. The fourth-order valence-electron chi connectivity index (χ4n) is 3.28. The zero-order chi connectivity index (χ0) is 20.2. The van der Waals surface area contributed by atoms with Gasteiger partial charge in [0.15, 0.2) is 0 Å². The summed E-state index contributed by atoms with van der Waals surface area (Å²) in [6.07, 6.45) is 7.65. The first-order valence-corrected chi connectivity index (χ1v) is 9.46. The van der Waals surface area contributed by atoms with E-state index in [1.807, 2.05) is 44.7 Å². The number of ether oxygens (including phenoxy) is 1. The van der Waals surface area contributed by atoms with E-state index in [0.717, 1.165) is 34.0 Å². The van der Waals surface area contributed by atoms with E-state index in [1.165, 1.54) is 5.56 Å². The average Bonchev–Trinajstić information content (AvgIpc) is 3.11. The summed E-state index contributed by atoms with van der Waals surface area (Å²) < 4.78 is 7.56. The van der Waals surface area contributed by atoms with Gasteiger partial charge in [-0.1, -0.05) is 34.6 Å². The third-order valence-corrected chi connectivity index (χ3v) is 4.45. The number of pyridine rings is 1. The van der Waals surface area contributed by atoms with Gasteiger partial charge < -0.3 is 4.74 Å². The summed E-state index contributed by atoms with van der Waals surface area (Å²) in [4.78, 5) is 8.99. The number of imidazole rings is 1. The Morgan fingerprint density at radius 1 is 1.00 bits per heavy atom. The van der Waals surface area contributed by atoms with Gasteiger partial charge in [-0.2, -0.15) is 0 Å². The van der Waals surface area contributed by atoms with Gasteiger partial charge in [0.25, 0.3) is 0 Å². The Bertz CT molecular complexity index is 881. The molecule has 2 aromatic heterocycles. The van der Waals surface area contributed by atoms with Crippen molar-refractivity contribution in [2.75, 3.05) is 7.11 Å². The second-order valence-corrected chi connectivity index (χ2v) is 7.40. The Morgan fingerprint density at radius 3 is 2.19 bits per heavy atom. The van der Waals surface area contributed by atoms with E-state index < -0.39 is 0 Å². The van der Waals surface area contributed by atoms with Crippen LogP contribution in [0.4, 0.5) is 0 Å². The minimum absolute atomic E-state index is 0.00955. The van der Waals surface area contributed by atoms with Crippen molar-refractivity contribution in [2.45, 2.75) is 53.9 Å². The van der Waals surface area contributed by atoms with Crippen LogP contribution >= 0.6 is 0 Å². The highest BCUT2D eigenvalue weighted by Gasteiger charge is 2.22. The molecule has 3 rings (SSSR count). The molecular formula is C23H31N3O. The van der Waals surface area contributed by atoms with Crippen LogP contribution in [0.5, 0.6) is 5.75 Å². The summed E-state index contributed by atoms with van der Waals surface area (Å²) in [5.74, 6) is 1.81. The SMILES string of the molecule is CC.COc1cc(C)c(-n2ccnc2-c2ccncc2C(C)(C)C)c(C)c1. The van der Waals surface area contributed by atoms with Crippen LogP contribution in [0, 0.1) is 13.8 Å². The zero-order valence-corrected chi connectivity index (χ0v) is 17.8. The lowest BCUT2D eigenvalue weighted by Crippen LogP contribution is -2.14. The quantitative estimate of drug-likeness (QED) is 0.581. The molecule has 3 aromatic rings. The van der Waals surface area contributed by atoms with Gasteiger partial charge in [-0.25, -0.2) is 4.98 Å². The van der Waals surface area contributed by atoms with Crippen LogP contribution in [0.3, 0.4) is 0 Å². The van der Waals surface area contributed by atoms with Crippen LogP contribution < -0.4 is 4.74 Å². The van der Waals surface area contributed by atoms with E-state index in [4.69, 9.17) is 4.74 Å². The maximum Gasteiger partial charge on any atom is 0.144 e. The molecule has 0 saturated carbocycles. The van der Waals surface area contributed by atoms with E-state index >= 15 is 0 Å². The number of methoxy groups -OCH3 is 1. The first kappa shape index (κ1) is 20.7. The third-order valence-electron chi connectivity index (χ3n) is 4.45. The molecule has 0 amide bonds. The summed E-state index contributed by atoms with van der Waals surface area (Å²) in [5.41, 5.74) is 5.74. The largest absolute Gasteiger partial charge is 0.497 e. The number of aromatic nitrogens is 3. The van der Waals surface area contributed by atoms with Crippen molar-refractivity contribution in [2.24, 2.45) is 0 Å². The van der Waals surface area contributed by atoms with Crippen LogP contribution in [0.25, 0.3) is 17.1 Å². The van der Waals surface area contributed by atoms with Gasteiger partial charge in [-0.05, 0) is 54.2 Å². The van der Waals surface area contributed by atoms with Crippen molar-refractivity contribution in [3.05, 3.63) is 59.7 Å². The number of hydrogen-bond donors (Lipinski definition) is 0. The topological polar surface area (TPSA) is 39.9 Å². The van der Waals surface area contributed by atoms with Gasteiger partial charge in [0, 0.05) is 30.4 Å². The van der Waals surface area contributed by atoms with E-state index in [-0.39, 0.29) is 5.41 Å². The molecule has 0 bridgehead atoms. The zero-order valence-electron chi connectivity index (χ0n) is 17.8. The predicted octanol–water partition coefficient (Wildman–Crippen LogP) is 5.88. The normalized spacial score (nSPS) is 11.0. The number of nitrogens with zero attached hydrogens (tertiary/aromatic N) is 3. The average molecular weight is 366 g/mol. The first-order chi connectivity index (χ1) is 12.8. The minimum Gasteiger partial charge on any atom is -0.497 e. The summed E-state index contributed by atoms with van der Waals surface area (Å²) in [6.45, 7) is 14.8. The van der Waals surface area contributed by atoms with E-state index in [1.54, 1.807) is 7.11 Å². The summed E-state index contributed by atoms with van der Waals surface area (Å²) in [5, 5.41) is 0. The molecule has 4 nitrogen and oxygen atoms in total. The number of hydrogen-bond acceptors (Lipinski definition) is 3. The lowest BCUT2D eigenvalue weighted by atomic mass is 9.85. The van der Waals surface area contributed by atoms with Crippen LogP contribution in [0.15, 0.2) is 43.0 Å². The molecule has 0 aliphatic carbocycles. The Hall–Kier alpha value is -2.62. The molecule has 0 fully saturated rings. The molecule has 2 heterocycles. The maximum absolute atomic E-state index is 5.39. The maximum atomic E-state index is 5.39. The molecule has 0 saturated heterocycles.